The number of carbonyl (C=O) groups excluding carboxylic acids is 1. The van der Waals surface area contributed by atoms with E-state index in [2.05, 4.69) is 9.47 Å². The van der Waals surface area contributed by atoms with E-state index in [-0.39, 0.29) is 5.75 Å². The Kier molecular flexibility index (Phi) is 7.02. The number of carboxylic acid groups (broad SMARTS) is 1. The van der Waals surface area contributed by atoms with Crippen molar-refractivity contribution in [1.82, 2.24) is 0 Å². The number of hydrogen-bond acceptors (Lipinski definition) is 5. The first kappa shape index (κ1) is 23.4. The van der Waals surface area contributed by atoms with Crippen LogP contribution in [0.3, 0.4) is 0 Å². The van der Waals surface area contributed by atoms with Crippen LogP contribution >= 0.6 is 0 Å². The number of carbonyl (C=O) groups is 2. The molecule has 3 rings (SSSR count). The normalized spacial score (nSPS) is 11.3. The summed E-state index contributed by atoms with van der Waals surface area (Å²) in [6.45, 7) is 0. The third-order valence-electron chi connectivity index (χ3n) is 4.34. The second-order valence-electron chi connectivity index (χ2n) is 6.61. The minimum atomic E-state index is -4.79. The lowest BCUT2D eigenvalue weighted by molar-refractivity contribution is -0.274. The molecule has 9 heteroatoms. The molecule has 0 aliphatic carbocycles. The molecule has 0 heterocycles. The van der Waals surface area contributed by atoms with Crippen LogP contribution in [-0.2, 0) is 9.53 Å². The fourth-order valence-corrected chi connectivity index (χ4v) is 2.87. The highest BCUT2D eigenvalue weighted by Crippen LogP contribution is 2.32. The maximum Gasteiger partial charge on any atom is 0.573 e. The second kappa shape index (κ2) is 9.90. The molecule has 0 amide bonds. The number of alkyl halides is 3. The van der Waals surface area contributed by atoms with Gasteiger partial charge in [-0.05, 0) is 65.7 Å². The number of benzene rings is 3. The predicted octanol–water partition coefficient (Wildman–Crippen LogP) is 5.93. The molecular weight excluding hydrogens is 441 g/mol. The molecule has 0 aliphatic rings. The lowest BCUT2D eigenvalue weighted by atomic mass is 10.0. The average molecular weight is 458 g/mol. The van der Waals surface area contributed by atoms with Crippen LogP contribution in [-0.4, -0.2) is 30.5 Å². The van der Waals surface area contributed by atoms with Crippen molar-refractivity contribution in [1.29, 1.82) is 0 Å². The number of esters is 1. The van der Waals surface area contributed by atoms with Crippen molar-refractivity contribution in [2.24, 2.45) is 0 Å². The van der Waals surface area contributed by atoms with Crippen molar-refractivity contribution in [2.75, 3.05) is 7.11 Å². The van der Waals surface area contributed by atoms with Gasteiger partial charge in [-0.15, -0.1) is 13.2 Å². The minimum Gasteiger partial charge on any atom is -0.478 e. The molecular formula is C24H17F3O6. The van der Waals surface area contributed by atoms with Gasteiger partial charge >= 0.3 is 18.3 Å². The van der Waals surface area contributed by atoms with Gasteiger partial charge in [0, 0.05) is 11.6 Å². The van der Waals surface area contributed by atoms with Crippen LogP contribution in [0.5, 0.6) is 17.2 Å². The number of methoxy groups -OCH3 is 1. The monoisotopic (exact) mass is 458 g/mol. The van der Waals surface area contributed by atoms with Gasteiger partial charge in [0.05, 0.1) is 12.7 Å². The Balaban J connectivity index is 1.89. The summed E-state index contributed by atoms with van der Waals surface area (Å²) >= 11 is 0. The van der Waals surface area contributed by atoms with E-state index in [1.54, 1.807) is 30.3 Å². The van der Waals surface area contributed by atoms with Gasteiger partial charge in [-0.25, -0.2) is 9.59 Å². The first-order valence-electron chi connectivity index (χ1n) is 9.42. The standard InChI is InChI=1S/C24H17F3O6/c1-31-23(30)16-4-8-19(9-5-16)32-21-12-6-17(14-18(21)7-13-22(28)29)15-2-10-20(11-3-15)33-24(25,26)27/h2-14H,1H3,(H,28,29)/b13-7-. The third kappa shape index (κ3) is 6.60. The van der Waals surface area contributed by atoms with Gasteiger partial charge in [-0.3, -0.25) is 0 Å². The van der Waals surface area contributed by atoms with Crippen LogP contribution in [0.2, 0.25) is 0 Å². The molecule has 0 saturated carbocycles. The second-order valence-corrected chi connectivity index (χ2v) is 6.61. The Morgan fingerprint density at radius 1 is 0.879 bits per heavy atom. The first-order chi connectivity index (χ1) is 15.6. The van der Waals surface area contributed by atoms with E-state index in [1.165, 1.54) is 49.6 Å². The van der Waals surface area contributed by atoms with Gasteiger partial charge < -0.3 is 19.3 Å². The van der Waals surface area contributed by atoms with Crippen molar-refractivity contribution in [2.45, 2.75) is 6.36 Å². The highest BCUT2D eigenvalue weighted by molar-refractivity contribution is 5.89. The number of halogens is 3. The summed E-state index contributed by atoms with van der Waals surface area (Å²) < 4.78 is 51.4. The van der Waals surface area contributed by atoms with Gasteiger partial charge in [0.15, 0.2) is 0 Å². The fourth-order valence-electron chi connectivity index (χ4n) is 2.87. The first-order valence-corrected chi connectivity index (χ1v) is 9.42. The lowest BCUT2D eigenvalue weighted by Gasteiger charge is -2.12. The summed E-state index contributed by atoms with van der Waals surface area (Å²) in [5, 5.41) is 8.99. The lowest BCUT2D eigenvalue weighted by Crippen LogP contribution is -2.16. The molecule has 170 valence electrons. The highest BCUT2D eigenvalue weighted by atomic mass is 19.4. The van der Waals surface area contributed by atoms with Crippen LogP contribution in [0.1, 0.15) is 15.9 Å². The van der Waals surface area contributed by atoms with Crippen molar-refractivity contribution < 1.29 is 42.1 Å². The maximum absolute atomic E-state index is 12.4. The zero-order valence-corrected chi connectivity index (χ0v) is 17.1. The quantitative estimate of drug-likeness (QED) is 0.349. The molecule has 6 nitrogen and oxygen atoms in total. The third-order valence-corrected chi connectivity index (χ3v) is 4.34. The number of aliphatic carboxylic acids is 1. The van der Waals surface area contributed by atoms with E-state index >= 15 is 0 Å². The smallest absolute Gasteiger partial charge is 0.478 e. The Labute approximate surface area is 186 Å². The Morgan fingerprint density at radius 3 is 2.06 bits per heavy atom. The zero-order chi connectivity index (χ0) is 24.0. The van der Waals surface area contributed by atoms with Crippen LogP contribution in [0.25, 0.3) is 17.2 Å². The topological polar surface area (TPSA) is 82.1 Å². The molecule has 0 saturated heterocycles. The van der Waals surface area contributed by atoms with E-state index in [0.717, 1.165) is 6.08 Å². The van der Waals surface area contributed by atoms with Crippen LogP contribution in [0.15, 0.2) is 72.8 Å². The van der Waals surface area contributed by atoms with E-state index < -0.39 is 18.3 Å². The van der Waals surface area contributed by atoms with E-state index in [1.807, 2.05) is 0 Å². The van der Waals surface area contributed by atoms with Crippen molar-refractivity contribution in [3.8, 4) is 28.4 Å². The highest BCUT2D eigenvalue weighted by Gasteiger charge is 2.30. The summed E-state index contributed by atoms with van der Waals surface area (Å²) in [4.78, 5) is 22.6. The van der Waals surface area contributed by atoms with Crippen LogP contribution < -0.4 is 9.47 Å². The van der Waals surface area contributed by atoms with Gasteiger partial charge in [-0.2, -0.15) is 0 Å². The molecule has 0 aromatic heterocycles. The zero-order valence-electron chi connectivity index (χ0n) is 17.1. The average Bonchev–Trinajstić information content (AvgIpc) is 2.78. The summed E-state index contributed by atoms with van der Waals surface area (Å²) in [6, 6.07) is 16.3. The van der Waals surface area contributed by atoms with Crippen molar-refractivity contribution in [3.05, 3.63) is 83.9 Å². The van der Waals surface area contributed by atoms with Crippen molar-refractivity contribution in [3.63, 3.8) is 0 Å². The molecule has 1 N–H and O–H groups in total. The SMILES string of the molecule is COC(=O)c1ccc(Oc2ccc(-c3ccc(OC(F)(F)F)cc3)cc2/C=C\C(=O)O)cc1. The number of rotatable bonds is 7. The van der Waals surface area contributed by atoms with Crippen LogP contribution in [0, 0.1) is 0 Å². The molecule has 0 aliphatic heterocycles. The largest absolute Gasteiger partial charge is 0.573 e. The molecule has 0 unspecified atom stereocenters. The summed E-state index contributed by atoms with van der Waals surface area (Å²) in [6.07, 6.45) is -2.51. The number of carboxylic acids is 1. The molecule has 3 aromatic rings. The van der Waals surface area contributed by atoms with Gasteiger partial charge in [0.1, 0.15) is 17.2 Å². The van der Waals surface area contributed by atoms with Gasteiger partial charge in [0.2, 0.25) is 0 Å². The number of ether oxygens (including phenoxy) is 3. The maximum atomic E-state index is 12.4. The van der Waals surface area contributed by atoms with Gasteiger partial charge in [0.25, 0.3) is 0 Å². The molecule has 33 heavy (non-hydrogen) atoms. The predicted molar refractivity (Wildman–Crippen MR) is 113 cm³/mol. The Bertz CT molecular complexity index is 1170. The molecule has 0 fully saturated rings. The number of hydrogen-bond donors (Lipinski definition) is 1. The van der Waals surface area contributed by atoms with Gasteiger partial charge in [-0.1, -0.05) is 18.2 Å². The minimum absolute atomic E-state index is 0.332. The van der Waals surface area contributed by atoms with Crippen LogP contribution in [0.4, 0.5) is 13.2 Å². The van der Waals surface area contributed by atoms with E-state index in [0.29, 0.717) is 33.8 Å². The molecule has 0 atom stereocenters. The fraction of sp³-hybridized carbons (Fsp3) is 0.0833. The summed E-state index contributed by atoms with van der Waals surface area (Å²) in [5.41, 5.74) is 1.96. The Morgan fingerprint density at radius 2 is 1.48 bits per heavy atom. The molecule has 3 aromatic carbocycles. The molecule has 0 radical (unpaired) electrons. The molecule has 0 spiro atoms. The van der Waals surface area contributed by atoms with E-state index in [4.69, 9.17) is 9.84 Å². The summed E-state index contributed by atoms with van der Waals surface area (Å²) in [5.74, 6) is -1.29. The molecule has 0 bridgehead atoms. The van der Waals surface area contributed by atoms with E-state index in [9.17, 15) is 22.8 Å². The summed E-state index contributed by atoms with van der Waals surface area (Å²) in [7, 11) is 1.27. The van der Waals surface area contributed by atoms with Crippen molar-refractivity contribution >= 4 is 18.0 Å². The Hall–Kier alpha value is -4.27.